The molecule has 3 N–H and O–H groups in total. The molecule has 1 atom stereocenters. The van der Waals surface area contributed by atoms with Crippen molar-refractivity contribution in [2.75, 3.05) is 0 Å². The second kappa shape index (κ2) is 5.02. The van der Waals surface area contributed by atoms with Crippen LogP contribution in [0.1, 0.15) is 25.3 Å². The molecule has 0 aliphatic heterocycles. The van der Waals surface area contributed by atoms with Gasteiger partial charge >= 0.3 is 0 Å². The van der Waals surface area contributed by atoms with Gasteiger partial charge in [-0.3, -0.25) is 4.79 Å². The quantitative estimate of drug-likeness (QED) is 0.867. The third kappa shape index (κ3) is 2.76. The van der Waals surface area contributed by atoms with Crippen molar-refractivity contribution >= 4 is 18.3 Å². The number of nitrogens with one attached hydrogen (secondary N) is 1. The predicted octanol–water partition coefficient (Wildman–Crippen LogP) is 1.70. The maximum absolute atomic E-state index is 13.6. The lowest BCUT2D eigenvalue weighted by Crippen LogP contribution is -2.44. The van der Waals surface area contributed by atoms with Crippen LogP contribution in [0.25, 0.3) is 0 Å². The first kappa shape index (κ1) is 13.9. The second-order valence-corrected chi connectivity index (χ2v) is 4.34. The van der Waals surface area contributed by atoms with Gasteiger partial charge in [-0.15, -0.1) is 12.4 Å². The molecular weight excluding hydrogens is 243 g/mol. The average Bonchev–Trinajstić information content (AvgIpc) is 2.99. The Morgan fingerprint density at radius 1 is 1.47 bits per heavy atom. The third-order valence-corrected chi connectivity index (χ3v) is 2.92. The van der Waals surface area contributed by atoms with E-state index in [9.17, 15) is 9.18 Å². The molecule has 1 saturated carbocycles. The van der Waals surface area contributed by atoms with Crippen molar-refractivity contribution in [3.63, 3.8) is 0 Å². The summed E-state index contributed by atoms with van der Waals surface area (Å²) in [4.78, 5) is 11.5. The Morgan fingerprint density at radius 2 is 2.06 bits per heavy atom. The van der Waals surface area contributed by atoms with Crippen LogP contribution in [0.2, 0.25) is 0 Å². The van der Waals surface area contributed by atoms with E-state index in [0.717, 1.165) is 12.8 Å². The van der Waals surface area contributed by atoms with Gasteiger partial charge in [0.05, 0.1) is 11.6 Å². The maximum atomic E-state index is 13.6. The molecule has 1 aromatic carbocycles. The summed E-state index contributed by atoms with van der Waals surface area (Å²) in [7, 11) is 0. The van der Waals surface area contributed by atoms with Crippen molar-refractivity contribution in [1.82, 2.24) is 5.32 Å². The highest BCUT2D eigenvalue weighted by Gasteiger charge is 2.47. The summed E-state index contributed by atoms with van der Waals surface area (Å²) in [5.74, 6) is -0.509. The fourth-order valence-electron chi connectivity index (χ4n) is 1.79. The summed E-state index contributed by atoms with van der Waals surface area (Å²) in [5.41, 5.74) is 5.52. The zero-order valence-corrected chi connectivity index (χ0v) is 10.4. The minimum atomic E-state index is -0.566. The summed E-state index contributed by atoms with van der Waals surface area (Å²) < 4.78 is 13.6. The molecule has 0 unspecified atom stereocenters. The lowest BCUT2D eigenvalue weighted by atomic mass is 10.0. The molecular formula is C12H16ClFN2O. The van der Waals surface area contributed by atoms with Crippen LogP contribution in [0.15, 0.2) is 24.3 Å². The fraction of sp³-hybridized carbons (Fsp3) is 0.417. The first-order valence-corrected chi connectivity index (χ1v) is 5.38. The Bertz CT molecular complexity index is 419. The van der Waals surface area contributed by atoms with Crippen molar-refractivity contribution in [1.29, 1.82) is 0 Å². The molecule has 0 saturated heterocycles. The maximum Gasteiger partial charge on any atom is 0.237 e. The molecule has 3 nitrogen and oxygen atoms in total. The first-order valence-electron chi connectivity index (χ1n) is 5.38. The van der Waals surface area contributed by atoms with Crippen LogP contribution in [-0.4, -0.2) is 11.9 Å². The van der Waals surface area contributed by atoms with Crippen LogP contribution in [0.3, 0.4) is 0 Å². The summed E-state index contributed by atoms with van der Waals surface area (Å²) >= 11 is 0. The molecule has 1 aliphatic carbocycles. The van der Waals surface area contributed by atoms with Gasteiger partial charge in [-0.2, -0.15) is 0 Å². The van der Waals surface area contributed by atoms with Crippen LogP contribution in [0.4, 0.5) is 4.39 Å². The van der Waals surface area contributed by atoms with Crippen molar-refractivity contribution in [3.8, 4) is 0 Å². The third-order valence-electron chi connectivity index (χ3n) is 2.92. The summed E-state index contributed by atoms with van der Waals surface area (Å²) in [5, 5.41) is 2.82. The number of hydrogen-bond donors (Lipinski definition) is 2. The normalized spacial score (nSPS) is 17.8. The Morgan fingerprint density at radius 3 is 2.53 bits per heavy atom. The Labute approximate surface area is 106 Å². The molecule has 1 amide bonds. The molecule has 1 fully saturated rings. The van der Waals surface area contributed by atoms with Crippen LogP contribution < -0.4 is 11.1 Å². The minimum absolute atomic E-state index is 0. The number of amides is 1. The van der Waals surface area contributed by atoms with Gasteiger partial charge in [-0.05, 0) is 25.8 Å². The van der Waals surface area contributed by atoms with Crippen molar-refractivity contribution < 1.29 is 9.18 Å². The Balaban J connectivity index is 0.00000144. The molecule has 0 heterocycles. The van der Waals surface area contributed by atoms with Gasteiger partial charge in [0, 0.05) is 5.56 Å². The molecule has 0 aromatic heterocycles. The highest BCUT2D eigenvalue weighted by Crippen LogP contribution is 2.46. The number of benzene rings is 1. The zero-order valence-electron chi connectivity index (χ0n) is 9.57. The number of nitrogens with two attached hydrogens (primary N) is 1. The summed E-state index contributed by atoms with van der Waals surface area (Å²) in [6, 6.07) is 5.97. The van der Waals surface area contributed by atoms with E-state index in [-0.39, 0.29) is 24.1 Å². The van der Waals surface area contributed by atoms with Crippen molar-refractivity contribution in [2.45, 2.75) is 31.3 Å². The minimum Gasteiger partial charge on any atom is -0.345 e. The topological polar surface area (TPSA) is 55.1 Å². The smallest absolute Gasteiger partial charge is 0.237 e. The Hall–Kier alpha value is -1.13. The Kier molecular flexibility index (Phi) is 4.11. The fourth-order valence-corrected chi connectivity index (χ4v) is 1.79. The van der Waals surface area contributed by atoms with Gasteiger partial charge < -0.3 is 11.1 Å². The van der Waals surface area contributed by atoms with E-state index < -0.39 is 11.6 Å². The average molecular weight is 259 g/mol. The van der Waals surface area contributed by atoms with E-state index >= 15 is 0 Å². The largest absolute Gasteiger partial charge is 0.345 e. The van der Waals surface area contributed by atoms with E-state index in [1.807, 2.05) is 0 Å². The van der Waals surface area contributed by atoms with Crippen LogP contribution in [0, 0.1) is 5.82 Å². The lowest BCUT2D eigenvalue weighted by Gasteiger charge is -2.19. The number of hydrogen-bond acceptors (Lipinski definition) is 2. The highest BCUT2D eigenvalue weighted by molar-refractivity contribution is 5.85. The van der Waals surface area contributed by atoms with E-state index in [0.29, 0.717) is 5.56 Å². The molecule has 1 aliphatic rings. The van der Waals surface area contributed by atoms with E-state index in [4.69, 9.17) is 5.73 Å². The standard InChI is InChI=1S/C12H15FN2O.ClH/c1-8(14)11(16)15-12(6-7-12)9-4-2-3-5-10(9)13;/h2-5,8H,6-7,14H2,1H3,(H,15,16);1H/t8-;/m1./s1. The number of carbonyl (C=O) groups excluding carboxylic acids is 1. The van der Waals surface area contributed by atoms with E-state index in [2.05, 4.69) is 5.32 Å². The summed E-state index contributed by atoms with van der Waals surface area (Å²) in [6.45, 7) is 1.62. The van der Waals surface area contributed by atoms with Gasteiger partial charge in [-0.1, -0.05) is 18.2 Å². The molecule has 0 radical (unpaired) electrons. The molecule has 94 valence electrons. The molecule has 2 rings (SSSR count). The molecule has 17 heavy (non-hydrogen) atoms. The SMILES string of the molecule is C[C@@H](N)C(=O)NC1(c2ccccc2F)CC1.Cl. The zero-order chi connectivity index (χ0) is 11.8. The van der Waals surface area contributed by atoms with E-state index in [1.165, 1.54) is 6.07 Å². The number of rotatable bonds is 3. The van der Waals surface area contributed by atoms with Gasteiger partial charge in [0.15, 0.2) is 0 Å². The van der Waals surface area contributed by atoms with E-state index in [1.54, 1.807) is 25.1 Å². The van der Waals surface area contributed by atoms with Gasteiger partial charge in [-0.25, -0.2) is 4.39 Å². The monoisotopic (exact) mass is 258 g/mol. The molecule has 1 aromatic rings. The van der Waals surface area contributed by atoms with Crippen molar-refractivity contribution in [3.05, 3.63) is 35.6 Å². The number of halogens is 2. The van der Waals surface area contributed by atoms with Gasteiger partial charge in [0.2, 0.25) is 5.91 Å². The molecule has 5 heteroatoms. The first-order chi connectivity index (χ1) is 7.55. The van der Waals surface area contributed by atoms with Crippen LogP contribution in [-0.2, 0) is 10.3 Å². The lowest BCUT2D eigenvalue weighted by molar-refractivity contribution is -0.123. The molecule has 0 spiro atoms. The van der Waals surface area contributed by atoms with Crippen LogP contribution in [0.5, 0.6) is 0 Å². The van der Waals surface area contributed by atoms with Gasteiger partial charge in [0.1, 0.15) is 5.82 Å². The predicted molar refractivity (Wildman–Crippen MR) is 66.4 cm³/mol. The van der Waals surface area contributed by atoms with Crippen LogP contribution >= 0.6 is 12.4 Å². The molecule has 0 bridgehead atoms. The van der Waals surface area contributed by atoms with Gasteiger partial charge in [0.25, 0.3) is 0 Å². The van der Waals surface area contributed by atoms with Crippen molar-refractivity contribution in [2.24, 2.45) is 5.73 Å². The summed E-state index contributed by atoms with van der Waals surface area (Å²) in [6.07, 6.45) is 1.54. The second-order valence-electron chi connectivity index (χ2n) is 4.34. The highest BCUT2D eigenvalue weighted by atomic mass is 35.5. The number of carbonyl (C=O) groups is 1.